The Kier molecular flexibility index (Phi) is 4.80. The van der Waals surface area contributed by atoms with Crippen molar-refractivity contribution in [1.82, 2.24) is 20.1 Å². The quantitative estimate of drug-likeness (QED) is 0.932. The van der Waals surface area contributed by atoms with E-state index in [0.717, 1.165) is 43.0 Å². The van der Waals surface area contributed by atoms with Gasteiger partial charge in [-0.2, -0.15) is 5.10 Å². The third-order valence-corrected chi connectivity index (χ3v) is 4.10. The number of amides is 1. The number of nitrogens with one attached hydrogen (secondary N) is 1. The van der Waals surface area contributed by atoms with Crippen molar-refractivity contribution in [1.29, 1.82) is 0 Å². The molecule has 0 radical (unpaired) electrons. The molecule has 0 aliphatic carbocycles. The summed E-state index contributed by atoms with van der Waals surface area (Å²) in [5.41, 5.74) is 1.94. The van der Waals surface area contributed by atoms with E-state index in [1.807, 2.05) is 36.1 Å². The number of piperidine rings is 1. The van der Waals surface area contributed by atoms with Gasteiger partial charge in [0, 0.05) is 37.2 Å². The zero-order valence-electron chi connectivity index (χ0n) is 13.3. The molecule has 6 nitrogen and oxygen atoms in total. The van der Waals surface area contributed by atoms with Crippen molar-refractivity contribution >= 4 is 11.7 Å². The van der Waals surface area contributed by atoms with Crippen LogP contribution in [0.15, 0.2) is 36.7 Å². The fourth-order valence-corrected chi connectivity index (χ4v) is 2.75. The molecular weight excluding hydrogens is 290 g/mol. The molecule has 0 atom stereocenters. The zero-order valence-corrected chi connectivity index (χ0v) is 13.3. The summed E-state index contributed by atoms with van der Waals surface area (Å²) in [5.74, 6) is 0.969. The average Bonchev–Trinajstić information content (AvgIpc) is 2.58. The predicted molar refractivity (Wildman–Crippen MR) is 87.9 cm³/mol. The number of anilines is 1. The lowest BCUT2D eigenvalue weighted by Gasteiger charge is -2.32. The second-order valence-corrected chi connectivity index (χ2v) is 5.89. The molecule has 2 aromatic rings. The standard InChI is InChI=1S/C17H21N5O/c1-13-4-5-14(12-18-13)11-17(23)22-9-6-15(7-10-22)20-16-3-2-8-19-21-16/h2-5,8,12,15H,6-7,9-11H2,1H3,(H,20,21). The van der Waals surface area contributed by atoms with Gasteiger partial charge in [-0.1, -0.05) is 6.07 Å². The van der Waals surface area contributed by atoms with E-state index in [1.165, 1.54) is 0 Å². The number of carbonyl (C=O) groups is 1. The van der Waals surface area contributed by atoms with Crippen LogP contribution < -0.4 is 5.32 Å². The number of aryl methyl sites for hydroxylation is 1. The molecule has 1 aliphatic heterocycles. The first kappa shape index (κ1) is 15.4. The Bertz CT molecular complexity index is 636. The Balaban J connectivity index is 1.48. The molecule has 1 aliphatic rings. The molecule has 120 valence electrons. The normalized spacial score (nSPS) is 15.4. The molecule has 6 heteroatoms. The molecule has 2 aromatic heterocycles. The van der Waals surface area contributed by atoms with E-state index >= 15 is 0 Å². The number of hydrogen-bond donors (Lipinski definition) is 1. The highest BCUT2D eigenvalue weighted by Crippen LogP contribution is 2.15. The fraction of sp³-hybridized carbons (Fsp3) is 0.412. The highest BCUT2D eigenvalue weighted by Gasteiger charge is 2.23. The van der Waals surface area contributed by atoms with Crippen molar-refractivity contribution in [2.45, 2.75) is 32.2 Å². The Hall–Kier alpha value is -2.50. The maximum absolute atomic E-state index is 12.4. The van der Waals surface area contributed by atoms with Gasteiger partial charge >= 0.3 is 0 Å². The van der Waals surface area contributed by atoms with Crippen molar-refractivity contribution in [3.8, 4) is 0 Å². The zero-order chi connectivity index (χ0) is 16.1. The molecule has 3 rings (SSSR count). The minimum absolute atomic E-state index is 0.175. The molecule has 1 N–H and O–H groups in total. The maximum Gasteiger partial charge on any atom is 0.227 e. The summed E-state index contributed by atoms with van der Waals surface area (Å²) in [6.07, 6.45) is 5.72. The SMILES string of the molecule is Cc1ccc(CC(=O)N2CCC(Nc3cccnn3)CC2)cn1. The lowest BCUT2D eigenvalue weighted by atomic mass is 10.0. The van der Waals surface area contributed by atoms with Crippen LogP contribution in [0.2, 0.25) is 0 Å². The number of carbonyl (C=O) groups excluding carboxylic acids is 1. The molecule has 1 amide bonds. The van der Waals surface area contributed by atoms with Crippen LogP contribution in [0.1, 0.15) is 24.1 Å². The molecule has 3 heterocycles. The van der Waals surface area contributed by atoms with Crippen LogP contribution in [0.3, 0.4) is 0 Å². The molecule has 0 unspecified atom stereocenters. The predicted octanol–water partition coefficient (Wildman–Crippen LogP) is 1.83. The van der Waals surface area contributed by atoms with Crippen LogP contribution >= 0.6 is 0 Å². The van der Waals surface area contributed by atoms with E-state index in [9.17, 15) is 4.79 Å². The van der Waals surface area contributed by atoms with Crippen molar-refractivity contribution in [3.63, 3.8) is 0 Å². The van der Waals surface area contributed by atoms with E-state index in [-0.39, 0.29) is 5.91 Å². The van der Waals surface area contributed by atoms with Crippen LogP contribution in [0, 0.1) is 6.92 Å². The molecular formula is C17H21N5O. The smallest absolute Gasteiger partial charge is 0.227 e. The van der Waals surface area contributed by atoms with Gasteiger partial charge in [0.2, 0.25) is 5.91 Å². The van der Waals surface area contributed by atoms with Crippen LogP contribution in [-0.4, -0.2) is 45.1 Å². The summed E-state index contributed by atoms with van der Waals surface area (Å²) >= 11 is 0. The summed E-state index contributed by atoms with van der Waals surface area (Å²) in [7, 11) is 0. The summed E-state index contributed by atoms with van der Waals surface area (Å²) < 4.78 is 0. The van der Waals surface area contributed by atoms with Crippen molar-refractivity contribution in [2.24, 2.45) is 0 Å². The topological polar surface area (TPSA) is 71.0 Å². The number of rotatable bonds is 4. The summed E-state index contributed by atoms with van der Waals surface area (Å²) in [6, 6.07) is 8.04. The molecule has 0 bridgehead atoms. The Labute approximate surface area is 136 Å². The first-order chi connectivity index (χ1) is 11.2. The van der Waals surface area contributed by atoms with Gasteiger partial charge in [-0.25, -0.2) is 0 Å². The number of nitrogens with zero attached hydrogens (tertiary/aromatic N) is 4. The lowest BCUT2D eigenvalue weighted by Crippen LogP contribution is -2.43. The molecule has 1 fully saturated rings. The van der Waals surface area contributed by atoms with Gasteiger partial charge in [-0.3, -0.25) is 9.78 Å². The number of pyridine rings is 1. The van der Waals surface area contributed by atoms with Crippen LogP contribution in [0.4, 0.5) is 5.82 Å². The Morgan fingerprint density at radius 1 is 1.30 bits per heavy atom. The second-order valence-electron chi connectivity index (χ2n) is 5.89. The minimum Gasteiger partial charge on any atom is -0.366 e. The average molecular weight is 311 g/mol. The third kappa shape index (κ3) is 4.25. The van der Waals surface area contributed by atoms with E-state index in [0.29, 0.717) is 12.5 Å². The van der Waals surface area contributed by atoms with Crippen LogP contribution in [0.25, 0.3) is 0 Å². The van der Waals surface area contributed by atoms with Gasteiger partial charge in [0.15, 0.2) is 0 Å². The number of aromatic nitrogens is 3. The molecule has 23 heavy (non-hydrogen) atoms. The maximum atomic E-state index is 12.4. The van der Waals surface area contributed by atoms with Crippen molar-refractivity contribution in [2.75, 3.05) is 18.4 Å². The summed E-state index contributed by atoms with van der Waals surface area (Å²) in [6.45, 7) is 3.49. The minimum atomic E-state index is 0.175. The van der Waals surface area contributed by atoms with E-state index < -0.39 is 0 Å². The van der Waals surface area contributed by atoms with Gasteiger partial charge < -0.3 is 10.2 Å². The van der Waals surface area contributed by atoms with Gasteiger partial charge in [-0.05, 0) is 43.5 Å². The van der Waals surface area contributed by atoms with Gasteiger partial charge in [-0.15, -0.1) is 5.10 Å². The third-order valence-electron chi connectivity index (χ3n) is 4.10. The van der Waals surface area contributed by atoms with Gasteiger partial charge in [0.1, 0.15) is 5.82 Å². The molecule has 0 aromatic carbocycles. The summed E-state index contributed by atoms with van der Waals surface area (Å²) in [4.78, 5) is 18.6. The van der Waals surface area contributed by atoms with Crippen LogP contribution in [-0.2, 0) is 11.2 Å². The highest BCUT2D eigenvalue weighted by atomic mass is 16.2. The monoisotopic (exact) mass is 311 g/mol. The Morgan fingerprint density at radius 2 is 2.13 bits per heavy atom. The van der Waals surface area contributed by atoms with Crippen LogP contribution in [0.5, 0.6) is 0 Å². The largest absolute Gasteiger partial charge is 0.366 e. The Morgan fingerprint density at radius 3 is 2.78 bits per heavy atom. The summed E-state index contributed by atoms with van der Waals surface area (Å²) in [5, 5.41) is 11.3. The number of hydrogen-bond acceptors (Lipinski definition) is 5. The van der Waals surface area contributed by atoms with Crippen molar-refractivity contribution in [3.05, 3.63) is 47.9 Å². The first-order valence-electron chi connectivity index (χ1n) is 7.94. The first-order valence-corrected chi connectivity index (χ1v) is 7.94. The lowest BCUT2D eigenvalue weighted by molar-refractivity contribution is -0.131. The highest BCUT2D eigenvalue weighted by molar-refractivity contribution is 5.78. The second kappa shape index (κ2) is 7.17. The van der Waals surface area contributed by atoms with E-state index in [1.54, 1.807) is 12.4 Å². The molecule has 0 spiro atoms. The molecule has 1 saturated heterocycles. The molecule has 0 saturated carbocycles. The van der Waals surface area contributed by atoms with E-state index in [2.05, 4.69) is 20.5 Å². The van der Waals surface area contributed by atoms with Gasteiger partial charge in [0.25, 0.3) is 0 Å². The van der Waals surface area contributed by atoms with Crippen molar-refractivity contribution < 1.29 is 4.79 Å². The fourth-order valence-electron chi connectivity index (χ4n) is 2.75. The number of likely N-dealkylation sites (tertiary alicyclic amines) is 1. The van der Waals surface area contributed by atoms with Gasteiger partial charge in [0.05, 0.1) is 6.42 Å². The van der Waals surface area contributed by atoms with E-state index in [4.69, 9.17) is 0 Å².